The lowest BCUT2D eigenvalue weighted by Gasteiger charge is -2.20. The lowest BCUT2D eigenvalue weighted by Crippen LogP contribution is -2.27. The number of likely N-dealkylation sites (N-methyl/N-ethyl adjacent to an activating group) is 1. The van der Waals surface area contributed by atoms with E-state index in [4.69, 9.17) is 0 Å². The summed E-state index contributed by atoms with van der Waals surface area (Å²) in [6.45, 7) is 0.499. The number of nitrogens with one attached hydrogen (secondary N) is 1. The third kappa shape index (κ3) is 4.68. The maximum Gasteiger partial charge on any atom is 0.343 e. The minimum absolute atomic E-state index is 0.0451. The molecule has 2 aromatic carbocycles. The van der Waals surface area contributed by atoms with Crippen molar-refractivity contribution in [1.29, 1.82) is 0 Å². The summed E-state index contributed by atoms with van der Waals surface area (Å²) in [4.78, 5) is 26.5. The highest BCUT2D eigenvalue weighted by Gasteiger charge is 2.26. The van der Waals surface area contributed by atoms with Crippen LogP contribution in [0.3, 0.4) is 0 Å². The van der Waals surface area contributed by atoms with Crippen LogP contribution < -0.4 is 5.69 Å². The van der Waals surface area contributed by atoms with E-state index >= 15 is 0 Å². The van der Waals surface area contributed by atoms with Crippen LogP contribution in [-0.4, -0.2) is 39.7 Å². The van der Waals surface area contributed by atoms with Gasteiger partial charge in [0.1, 0.15) is 5.25 Å². The van der Waals surface area contributed by atoms with E-state index in [2.05, 4.69) is 10.2 Å². The van der Waals surface area contributed by atoms with Crippen LogP contribution in [0.15, 0.2) is 70.6 Å². The van der Waals surface area contributed by atoms with Crippen molar-refractivity contribution in [2.45, 2.75) is 23.4 Å². The van der Waals surface area contributed by atoms with Gasteiger partial charge in [0.05, 0.1) is 0 Å². The predicted molar refractivity (Wildman–Crippen MR) is 107 cm³/mol. The van der Waals surface area contributed by atoms with Crippen molar-refractivity contribution in [3.8, 4) is 0 Å². The zero-order chi connectivity index (χ0) is 19.2. The number of aromatic nitrogens is 3. The molecule has 6 nitrogen and oxygen atoms in total. The van der Waals surface area contributed by atoms with Crippen molar-refractivity contribution in [1.82, 2.24) is 19.7 Å². The van der Waals surface area contributed by atoms with Gasteiger partial charge in [-0.05, 0) is 17.5 Å². The summed E-state index contributed by atoms with van der Waals surface area (Å²) in [6.07, 6.45) is 0.714. The number of benzene rings is 2. The van der Waals surface area contributed by atoms with Gasteiger partial charge >= 0.3 is 5.69 Å². The molecule has 0 saturated heterocycles. The van der Waals surface area contributed by atoms with Gasteiger partial charge in [0.25, 0.3) is 0 Å². The summed E-state index contributed by atoms with van der Waals surface area (Å²) in [6, 6.07) is 19.5. The number of thioether (sulfide) groups is 1. The van der Waals surface area contributed by atoms with Gasteiger partial charge in [-0.3, -0.25) is 9.36 Å². The molecule has 3 rings (SSSR count). The number of carbonyl (C=O) groups is 1. The van der Waals surface area contributed by atoms with Crippen LogP contribution in [0.1, 0.15) is 16.4 Å². The Morgan fingerprint density at radius 2 is 1.74 bits per heavy atom. The molecule has 0 fully saturated rings. The van der Waals surface area contributed by atoms with Gasteiger partial charge in [-0.25, -0.2) is 9.89 Å². The molecule has 0 unspecified atom stereocenters. The molecule has 0 aliphatic carbocycles. The van der Waals surface area contributed by atoms with Crippen molar-refractivity contribution in [3.05, 3.63) is 82.3 Å². The molecule has 1 aromatic heterocycles. The Kier molecular flexibility index (Phi) is 6.13. The molecule has 1 N–H and O–H groups in total. The van der Waals surface area contributed by atoms with Crippen LogP contribution in [0.25, 0.3) is 0 Å². The van der Waals surface area contributed by atoms with Crippen molar-refractivity contribution in [2.75, 3.05) is 14.1 Å². The first kappa shape index (κ1) is 19.0. The SMILES string of the molecule is CN(C)C(=O)[C@@H](Sc1n[nH]c(=O)n1CCc1ccccc1)c1ccccc1. The van der Waals surface area contributed by atoms with Gasteiger partial charge in [0.2, 0.25) is 5.91 Å². The van der Waals surface area contributed by atoms with Crippen LogP contribution in [0.4, 0.5) is 0 Å². The number of carbonyl (C=O) groups excluding carboxylic acids is 1. The van der Waals surface area contributed by atoms with E-state index in [1.165, 1.54) is 11.8 Å². The molecular formula is C20H22N4O2S. The van der Waals surface area contributed by atoms with Gasteiger partial charge < -0.3 is 4.90 Å². The van der Waals surface area contributed by atoms with Crippen molar-refractivity contribution in [3.63, 3.8) is 0 Å². The molecule has 0 radical (unpaired) electrons. The number of hydrogen-bond donors (Lipinski definition) is 1. The summed E-state index contributed by atoms with van der Waals surface area (Å²) in [5.41, 5.74) is 1.76. The Morgan fingerprint density at radius 1 is 1.11 bits per heavy atom. The number of rotatable bonds is 7. The monoisotopic (exact) mass is 382 g/mol. The van der Waals surface area contributed by atoms with Crippen LogP contribution in [0, 0.1) is 0 Å². The van der Waals surface area contributed by atoms with Crippen LogP contribution in [0.2, 0.25) is 0 Å². The van der Waals surface area contributed by atoms with E-state index in [1.54, 1.807) is 23.6 Å². The predicted octanol–water partition coefficient (Wildman–Crippen LogP) is 2.74. The maximum atomic E-state index is 12.7. The van der Waals surface area contributed by atoms with E-state index in [1.807, 2.05) is 60.7 Å². The quantitative estimate of drug-likeness (QED) is 0.638. The summed E-state index contributed by atoms with van der Waals surface area (Å²) in [7, 11) is 3.46. The molecule has 7 heteroatoms. The standard InChI is InChI=1S/C20H22N4O2S/c1-23(2)18(25)17(16-11-7-4-8-12-16)27-20-22-21-19(26)24(20)14-13-15-9-5-3-6-10-15/h3-12,17H,13-14H2,1-2H3,(H,21,26)/t17-/m0/s1. The Balaban J connectivity index is 1.84. The lowest BCUT2D eigenvalue weighted by molar-refractivity contribution is -0.128. The average molecular weight is 382 g/mol. The highest BCUT2D eigenvalue weighted by atomic mass is 32.2. The number of amides is 1. The number of aromatic amines is 1. The fourth-order valence-corrected chi connectivity index (χ4v) is 3.92. The number of hydrogen-bond acceptors (Lipinski definition) is 4. The van der Waals surface area contributed by atoms with Crippen LogP contribution in [-0.2, 0) is 17.8 Å². The number of aryl methyl sites for hydroxylation is 1. The zero-order valence-corrected chi connectivity index (χ0v) is 16.1. The van der Waals surface area contributed by atoms with E-state index in [9.17, 15) is 9.59 Å². The highest BCUT2D eigenvalue weighted by molar-refractivity contribution is 8.00. The first-order valence-electron chi connectivity index (χ1n) is 8.68. The Morgan fingerprint density at radius 3 is 2.37 bits per heavy atom. The van der Waals surface area contributed by atoms with E-state index in [0.29, 0.717) is 18.1 Å². The molecule has 1 atom stereocenters. The van der Waals surface area contributed by atoms with Gasteiger partial charge in [-0.2, -0.15) is 0 Å². The van der Waals surface area contributed by atoms with Crippen molar-refractivity contribution < 1.29 is 4.79 Å². The topological polar surface area (TPSA) is 71.0 Å². The van der Waals surface area contributed by atoms with Crippen molar-refractivity contribution >= 4 is 17.7 Å². The van der Waals surface area contributed by atoms with E-state index < -0.39 is 5.25 Å². The lowest BCUT2D eigenvalue weighted by atomic mass is 10.1. The molecule has 140 valence electrons. The molecule has 0 saturated carbocycles. The largest absolute Gasteiger partial charge is 0.348 e. The third-order valence-electron chi connectivity index (χ3n) is 4.18. The molecule has 0 bridgehead atoms. The fraction of sp³-hybridized carbons (Fsp3) is 0.250. The summed E-state index contributed by atoms with van der Waals surface area (Å²) >= 11 is 1.29. The Hall–Kier alpha value is -2.80. The summed E-state index contributed by atoms with van der Waals surface area (Å²) in [5.74, 6) is -0.0451. The number of nitrogens with zero attached hydrogens (tertiary/aromatic N) is 3. The van der Waals surface area contributed by atoms with Gasteiger partial charge in [-0.15, -0.1) is 5.10 Å². The average Bonchev–Trinajstić information content (AvgIpc) is 3.04. The maximum absolute atomic E-state index is 12.7. The van der Waals surface area contributed by atoms with Gasteiger partial charge in [0, 0.05) is 20.6 Å². The van der Waals surface area contributed by atoms with Crippen molar-refractivity contribution in [2.24, 2.45) is 0 Å². The van der Waals surface area contributed by atoms with Gasteiger partial charge in [-0.1, -0.05) is 72.4 Å². The molecule has 0 aliphatic rings. The third-order valence-corrected chi connectivity index (χ3v) is 5.41. The minimum atomic E-state index is -0.466. The van der Waals surface area contributed by atoms with Crippen LogP contribution >= 0.6 is 11.8 Å². The molecule has 1 amide bonds. The molecule has 3 aromatic rings. The normalized spacial score (nSPS) is 11.9. The zero-order valence-electron chi connectivity index (χ0n) is 15.3. The van der Waals surface area contributed by atoms with E-state index in [0.717, 1.165) is 11.1 Å². The molecular weight excluding hydrogens is 360 g/mol. The Bertz CT molecular complexity index is 935. The Labute approximate surface area is 162 Å². The highest BCUT2D eigenvalue weighted by Crippen LogP contribution is 2.34. The first-order chi connectivity index (χ1) is 13.1. The van der Waals surface area contributed by atoms with E-state index in [-0.39, 0.29) is 11.6 Å². The second kappa shape index (κ2) is 8.73. The van der Waals surface area contributed by atoms with Gasteiger partial charge in [0.15, 0.2) is 5.16 Å². The second-order valence-electron chi connectivity index (χ2n) is 6.34. The smallest absolute Gasteiger partial charge is 0.343 e. The molecule has 27 heavy (non-hydrogen) atoms. The minimum Gasteiger partial charge on any atom is -0.348 e. The molecule has 1 heterocycles. The number of H-pyrrole nitrogens is 1. The molecule has 0 spiro atoms. The fourth-order valence-electron chi connectivity index (χ4n) is 2.70. The second-order valence-corrected chi connectivity index (χ2v) is 7.41. The summed E-state index contributed by atoms with van der Waals surface area (Å²) in [5, 5.41) is 6.71. The van der Waals surface area contributed by atoms with Crippen LogP contribution in [0.5, 0.6) is 0 Å². The molecule has 0 aliphatic heterocycles. The summed E-state index contributed by atoms with van der Waals surface area (Å²) < 4.78 is 1.59. The first-order valence-corrected chi connectivity index (χ1v) is 9.56.